The van der Waals surface area contributed by atoms with E-state index in [1.54, 1.807) is 6.26 Å². The summed E-state index contributed by atoms with van der Waals surface area (Å²) in [7, 11) is -1.06. The molecule has 0 fully saturated rings. The van der Waals surface area contributed by atoms with Crippen molar-refractivity contribution in [3.63, 3.8) is 0 Å². The van der Waals surface area contributed by atoms with E-state index >= 15 is 0 Å². The van der Waals surface area contributed by atoms with Crippen LogP contribution in [0.4, 0.5) is 5.95 Å². The van der Waals surface area contributed by atoms with Crippen molar-refractivity contribution in [1.82, 2.24) is 15.2 Å². The first-order valence-corrected chi connectivity index (χ1v) is 11.4. The average Bonchev–Trinajstić information content (AvgIpc) is 2.78. The van der Waals surface area contributed by atoms with Gasteiger partial charge >= 0.3 is 0 Å². The molecular weight excluding hydrogens is 400 g/mol. The molecule has 0 spiro atoms. The van der Waals surface area contributed by atoms with Crippen molar-refractivity contribution in [2.75, 3.05) is 24.7 Å². The van der Waals surface area contributed by atoms with E-state index in [4.69, 9.17) is 4.74 Å². The van der Waals surface area contributed by atoms with Gasteiger partial charge in [-0.25, -0.2) is 4.98 Å². The Bertz CT molecular complexity index is 994. The van der Waals surface area contributed by atoms with E-state index in [0.717, 1.165) is 21.8 Å². The van der Waals surface area contributed by atoms with Crippen molar-refractivity contribution in [3.05, 3.63) is 48.5 Å². The number of benzene rings is 2. The summed E-state index contributed by atoms with van der Waals surface area (Å²) in [6.07, 6.45) is 1.79. The number of aromatic nitrogens is 3. The molecule has 1 heterocycles. The molecule has 30 heavy (non-hydrogen) atoms. The number of aliphatic hydroxyl groups is 1. The number of ether oxygens (including phenoxy) is 1. The summed E-state index contributed by atoms with van der Waals surface area (Å²) in [4.78, 5) is 5.40. The van der Waals surface area contributed by atoms with Gasteiger partial charge in [-0.1, -0.05) is 19.1 Å². The Hall–Kier alpha value is -2.84. The smallest absolute Gasteiger partial charge is 0.243 e. The molecule has 3 aromatic rings. The molecule has 7 nitrogen and oxygen atoms in total. The van der Waals surface area contributed by atoms with Crippen molar-refractivity contribution in [2.24, 2.45) is 0 Å². The van der Waals surface area contributed by atoms with Gasteiger partial charge in [-0.15, -0.1) is 10.2 Å². The molecule has 0 aliphatic heterocycles. The minimum atomic E-state index is -1.06. The van der Waals surface area contributed by atoms with Crippen molar-refractivity contribution in [2.45, 2.75) is 31.3 Å². The Kier molecular flexibility index (Phi) is 7.48. The lowest BCUT2D eigenvalue weighted by Crippen LogP contribution is -2.20. The molecule has 0 bridgehead atoms. The second kappa shape index (κ2) is 10.3. The monoisotopic (exact) mass is 426 g/mol. The number of hydrogen-bond donors (Lipinski definition) is 2. The quantitative estimate of drug-likeness (QED) is 0.540. The molecule has 0 aliphatic rings. The van der Waals surface area contributed by atoms with Crippen LogP contribution in [0.15, 0.2) is 53.4 Å². The molecule has 158 valence electrons. The van der Waals surface area contributed by atoms with E-state index in [2.05, 4.69) is 20.5 Å². The zero-order valence-electron chi connectivity index (χ0n) is 17.3. The number of nitrogens with one attached hydrogen (secondary N) is 1. The van der Waals surface area contributed by atoms with Crippen LogP contribution < -0.4 is 10.1 Å². The van der Waals surface area contributed by atoms with Gasteiger partial charge in [0.15, 0.2) is 0 Å². The Labute approximate surface area is 179 Å². The Morgan fingerprint density at radius 3 is 2.23 bits per heavy atom. The van der Waals surface area contributed by atoms with Crippen LogP contribution in [0.3, 0.4) is 0 Å². The molecule has 1 unspecified atom stereocenters. The normalized spacial score (nSPS) is 12.9. The lowest BCUT2D eigenvalue weighted by Gasteiger charge is -2.13. The van der Waals surface area contributed by atoms with Crippen LogP contribution in [0.2, 0.25) is 0 Å². The highest BCUT2D eigenvalue weighted by molar-refractivity contribution is 7.84. The van der Waals surface area contributed by atoms with E-state index in [1.165, 1.54) is 0 Å². The zero-order chi connectivity index (χ0) is 21.5. The van der Waals surface area contributed by atoms with E-state index in [9.17, 15) is 9.32 Å². The van der Waals surface area contributed by atoms with Gasteiger partial charge in [0.1, 0.15) is 17.1 Å². The topological polar surface area (TPSA) is 97.2 Å². The fourth-order valence-electron chi connectivity index (χ4n) is 2.83. The molecular formula is C22H26N4O3S. The number of aliphatic hydroxyl groups excluding tert-OH is 1. The molecule has 0 saturated carbocycles. The molecule has 3 rings (SSSR count). The van der Waals surface area contributed by atoms with Crippen molar-refractivity contribution in [3.8, 4) is 28.3 Å². The van der Waals surface area contributed by atoms with Crippen molar-refractivity contribution >= 4 is 16.7 Å². The fraction of sp³-hybridized carbons (Fsp3) is 0.318. The molecule has 1 aromatic heterocycles. The van der Waals surface area contributed by atoms with Gasteiger partial charge in [-0.3, -0.25) is 4.21 Å². The highest BCUT2D eigenvalue weighted by atomic mass is 32.2. The first-order chi connectivity index (χ1) is 14.5. The summed E-state index contributed by atoms with van der Waals surface area (Å²) in [5.41, 5.74) is 2.97. The van der Waals surface area contributed by atoms with Gasteiger partial charge in [-0.05, 0) is 49.7 Å². The summed E-state index contributed by atoms with van der Waals surface area (Å²) >= 11 is 0. The maximum absolute atomic E-state index is 11.7. The van der Waals surface area contributed by atoms with Gasteiger partial charge in [0.2, 0.25) is 5.95 Å². The van der Waals surface area contributed by atoms with E-state index in [0.29, 0.717) is 36.9 Å². The first kappa shape index (κ1) is 21.9. The third kappa shape index (κ3) is 5.40. The molecule has 0 aliphatic carbocycles. The first-order valence-electron chi connectivity index (χ1n) is 9.85. The minimum absolute atomic E-state index is 0.341. The van der Waals surface area contributed by atoms with E-state index < -0.39 is 16.9 Å². The second-order valence-electron chi connectivity index (χ2n) is 6.71. The SMILES string of the molecule is CCOc1ccc(-c2nnc(NC[C@H](O)CC)nc2-c2ccc(S(C)=O)cc2)cc1. The molecule has 8 heteroatoms. The lowest BCUT2D eigenvalue weighted by molar-refractivity contribution is 0.183. The Morgan fingerprint density at radius 2 is 1.63 bits per heavy atom. The predicted octanol–water partition coefficient (Wildman–Crippen LogP) is 3.52. The predicted molar refractivity (Wildman–Crippen MR) is 119 cm³/mol. The average molecular weight is 427 g/mol. The van der Waals surface area contributed by atoms with Gasteiger partial charge in [-0.2, -0.15) is 0 Å². The van der Waals surface area contributed by atoms with E-state index in [-0.39, 0.29) is 0 Å². The number of anilines is 1. The summed E-state index contributed by atoms with van der Waals surface area (Å²) in [6.45, 7) is 4.79. The lowest BCUT2D eigenvalue weighted by atomic mass is 10.0. The number of nitrogens with zero attached hydrogens (tertiary/aromatic N) is 3. The minimum Gasteiger partial charge on any atom is -0.494 e. The molecule has 0 amide bonds. The van der Waals surface area contributed by atoms with Gasteiger partial charge < -0.3 is 15.2 Å². The maximum atomic E-state index is 11.7. The fourth-order valence-corrected chi connectivity index (χ4v) is 3.35. The molecule has 2 atom stereocenters. The number of hydrogen-bond acceptors (Lipinski definition) is 7. The van der Waals surface area contributed by atoms with Crippen LogP contribution in [0, 0.1) is 0 Å². The third-order valence-corrected chi connectivity index (χ3v) is 5.49. The molecule has 0 saturated heterocycles. The van der Waals surface area contributed by atoms with Crippen molar-refractivity contribution in [1.29, 1.82) is 0 Å². The van der Waals surface area contributed by atoms with E-state index in [1.807, 2.05) is 62.4 Å². The molecule has 0 radical (unpaired) electrons. The van der Waals surface area contributed by atoms with Crippen LogP contribution in [0.5, 0.6) is 5.75 Å². The van der Waals surface area contributed by atoms with Crippen LogP contribution in [-0.4, -0.2) is 50.0 Å². The maximum Gasteiger partial charge on any atom is 0.243 e. The van der Waals surface area contributed by atoms with Crippen LogP contribution in [0.25, 0.3) is 22.5 Å². The zero-order valence-corrected chi connectivity index (χ0v) is 18.1. The second-order valence-corrected chi connectivity index (χ2v) is 8.09. The molecule has 2 aromatic carbocycles. The molecule has 2 N–H and O–H groups in total. The highest BCUT2D eigenvalue weighted by Gasteiger charge is 2.15. The summed E-state index contributed by atoms with van der Waals surface area (Å²) < 4.78 is 17.2. The van der Waals surface area contributed by atoms with Gasteiger partial charge in [0, 0.05) is 39.6 Å². The highest BCUT2D eigenvalue weighted by Crippen LogP contribution is 2.30. The van der Waals surface area contributed by atoms with Gasteiger partial charge in [0.05, 0.1) is 12.7 Å². The standard InChI is InChI=1S/C22H26N4O3S/c1-4-17(27)14-23-22-24-20(15-8-12-19(13-9-15)30(3)28)21(25-26-22)16-6-10-18(11-7-16)29-5-2/h6-13,17,27H,4-5,14H2,1-3H3,(H,23,24,26)/t17-,30?/m1/s1. The largest absolute Gasteiger partial charge is 0.494 e. The van der Waals surface area contributed by atoms with Crippen LogP contribution >= 0.6 is 0 Å². The Balaban J connectivity index is 2.01. The van der Waals surface area contributed by atoms with Crippen molar-refractivity contribution < 1.29 is 14.1 Å². The summed E-state index contributed by atoms with van der Waals surface area (Å²) in [6, 6.07) is 15.0. The van der Waals surface area contributed by atoms with Crippen LogP contribution in [-0.2, 0) is 10.8 Å². The third-order valence-electron chi connectivity index (χ3n) is 4.55. The summed E-state index contributed by atoms with van der Waals surface area (Å²) in [5, 5.41) is 21.4. The van der Waals surface area contributed by atoms with Gasteiger partial charge in [0.25, 0.3) is 0 Å². The number of rotatable bonds is 9. The Morgan fingerprint density at radius 1 is 1.00 bits per heavy atom. The summed E-state index contributed by atoms with van der Waals surface area (Å²) in [5.74, 6) is 1.13. The van der Waals surface area contributed by atoms with Crippen LogP contribution in [0.1, 0.15) is 20.3 Å².